The van der Waals surface area contributed by atoms with Crippen molar-refractivity contribution in [2.45, 2.75) is 25.7 Å². The predicted molar refractivity (Wildman–Crippen MR) is 79.4 cm³/mol. The number of carbonyl (C=O) groups excluding carboxylic acids is 1. The Labute approximate surface area is 124 Å². The van der Waals surface area contributed by atoms with Gasteiger partial charge >= 0.3 is 5.97 Å². The van der Waals surface area contributed by atoms with E-state index in [0.29, 0.717) is 18.9 Å². The Morgan fingerprint density at radius 2 is 2.33 bits per heavy atom. The van der Waals surface area contributed by atoms with Crippen LogP contribution in [0, 0.1) is 5.92 Å². The van der Waals surface area contributed by atoms with E-state index in [2.05, 4.69) is 4.98 Å². The largest absolute Gasteiger partial charge is 0.481 e. The number of carboxylic acid groups (broad SMARTS) is 1. The number of pyridine rings is 1. The molecular formula is C16H20N2O3. The molecule has 2 rings (SSSR count). The number of rotatable bonds is 5. The number of carboxylic acids is 1. The minimum Gasteiger partial charge on any atom is -0.481 e. The molecule has 0 unspecified atom stereocenters. The summed E-state index contributed by atoms with van der Waals surface area (Å²) in [5.41, 5.74) is 0.894. The van der Waals surface area contributed by atoms with Crippen molar-refractivity contribution in [3.05, 3.63) is 36.2 Å². The van der Waals surface area contributed by atoms with Gasteiger partial charge in [-0.15, -0.1) is 0 Å². The van der Waals surface area contributed by atoms with Gasteiger partial charge in [-0.1, -0.05) is 6.07 Å². The second-order valence-electron chi connectivity index (χ2n) is 5.34. The van der Waals surface area contributed by atoms with Crippen molar-refractivity contribution in [2.75, 3.05) is 13.1 Å². The summed E-state index contributed by atoms with van der Waals surface area (Å²) in [5.74, 6) is -0.487. The molecule has 1 aromatic heterocycles. The van der Waals surface area contributed by atoms with E-state index in [1.165, 1.54) is 0 Å². The molecular weight excluding hydrogens is 268 g/mol. The Morgan fingerprint density at radius 3 is 3.05 bits per heavy atom. The molecule has 112 valence electrons. The Hall–Kier alpha value is -2.17. The van der Waals surface area contributed by atoms with Gasteiger partial charge in [0.05, 0.1) is 0 Å². The Kier molecular flexibility index (Phi) is 5.49. The van der Waals surface area contributed by atoms with E-state index in [1.807, 2.05) is 17.0 Å². The summed E-state index contributed by atoms with van der Waals surface area (Å²) >= 11 is 0. The average Bonchev–Trinajstić information content (AvgIpc) is 2.52. The zero-order chi connectivity index (χ0) is 15.1. The maximum Gasteiger partial charge on any atom is 0.303 e. The molecule has 0 bridgehead atoms. The fourth-order valence-corrected chi connectivity index (χ4v) is 2.58. The summed E-state index contributed by atoms with van der Waals surface area (Å²) in [6, 6.07) is 3.72. The van der Waals surface area contributed by atoms with Crippen LogP contribution < -0.4 is 0 Å². The summed E-state index contributed by atoms with van der Waals surface area (Å²) in [6.45, 7) is 1.41. The van der Waals surface area contributed by atoms with E-state index >= 15 is 0 Å². The molecule has 1 aliphatic heterocycles. The number of likely N-dealkylation sites (tertiary alicyclic amines) is 1. The van der Waals surface area contributed by atoms with Crippen LogP contribution in [-0.2, 0) is 9.59 Å². The predicted octanol–water partition coefficient (Wildman–Crippen LogP) is 2.20. The van der Waals surface area contributed by atoms with Crippen molar-refractivity contribution in [1.29, 1.82) is 0 Å². The number of nitrogens with zero attached hydrogens (tertiary/aromatic N) is 2. The number of aliphatic carboxylic acids is 1. The second-order valence-corrected chi connectivity index (χ2v) is 5.34. The van der Waals surface area contributed by atoms with E-state index in [0.717, 1.165) is 24.9 Å². The second kappa shape index (κ2) is 7.57. The molecule has 1 N–H and O–H groups in total. The zero-order valence-corrected chi connectivity index (χ0v) is 11.9. The van der Waals surface area contributed by atoms with Gasteiger partial charge in [-0.05, 0) is 42.9 Å². The fourth-order valence-electron chi connectivity index (χ4n) is 2.58. The fraction of sp³-hybridized carbons (Fsp3) is 0.438. The molecule has 0 aliphatic carbocycles. The van der Waals surface area contributed by atoms with Crippen LogP contribution in [0.5, 0.6) is 0 Å². The molecule has 21 heavy (non-hydrogen) atoms. The minimum atomic E-state index is -0.769. The topological polar surface area (TPSA) is 70.5 Å². The molecule has 1 saturated heterocycles. The van der Waals surface area contributed by atoms with Crippen molar-refractivity contribution in [2.24, 2.45) is 5.92 Å². The monoisotopic (exact) mass is 288 g/mol. The van der Waals surface area contributed by atoms with Gasteiger partial charge in [0.15, 0.2) is 0 Å². The van der Waals surface area contributed by atoms with Gasteiger partial charge in [-0.3, -0.25) is 14.6 Å². The first-order valence-electron chi connectivity index (χ1n) is 7.24. The van der Waals surface area contributed by atoms with Gasteiger partial charge in [0.2, 0.25) is 5.91 Å². The minimum absolute atomic E-state index is 0.0149. The summed E-state index contributed by atoms with van der Waals surface area (Å²) < 4.78 is 0. The first-order valence-corrected chi connectivity index (χ1v) is 7.24. The van der Waals surface area contributed by atoms with Crippen LogP contribution in [-0.4, -0.2) is 40.0 Å². The summed E-state index contributed by atoms with van der Waals surface area (Å²) in [4.78, 5) is 28.6. The van der Waals surface area contributed by atoms with Crippen LogP contribution in [0.25, 0.3) is 6.08 Å². The molecule has 2 heterocycles. The molecule has 0 saturated carbocycles. The maximum absolute atomic E-state index is 12.2. The molecule has 5 nitrogen and oxygen atoms in total. The normalized spacial score (nSPS) is 18.9. The van der Waals surface area contributed by atoms with Crippen LogP contribution in [0.4, 0.5) is 0 Å². The molecule has 0 radical (unpaired) electrons. The zero-order valence-electron chi connectivity index (χ0n) is 11.9. The first-order chi connectivity index (χ1) is 10.1. The molecule has 1 amide bonds. The number of hydrogen-bond acceptors (Lipinski definition) is 3. The number of carbonyl (C=O) groups is 2. The summed E-state index contributed by atoms with van der Waals surface area (Å²) in [7, 11) is 0. The van der Waals surface area contributed by atoms with Crippen LogP contribution in [0.3, 0.4) is 0 Å². The molecule has 0 aromatic carbocycles. The van der Waals surface area contributed by atoms with Crippen molar-refractivity contribution in [3.8, 4) is 0 Å². The molecule has 0 spiro atoms. The lowest BCUT2D eigenvalue weighted by atomic mass is 9.93. The van der Waals surface area contributed by atoms with Gasteiger partial charge in [0.25, 0.3) is 0 Å². The van der Waals surface area contributed by atoms with Crippen LogP contribution in [0.2, 0.25) is 0 Å². The highest BCUT2D eigenvalue weighted by Gasteiger charge is 2.22. The lowest BCUT2D eigenvalue weighted by Crippen LogP contribution is -2.39. The van der Waals surface area contributed by atoms with Crippen molar-refractivity contribution < 1.29 is 14.7 Å². The van der Waals surface area contributed by atoms with E-state index in [-0.39, 0.29) is 12.3 Å². The third kappa shape index (κ3) is 5.02. The van der Waals surface area contributed by atoms with E-state index in [1.54, 1.807) is 24.5 Å². The van der Waals surface area contributed by atoms with Gasteiger partial charge in [0.1, 0.15) is 0 Å². The third-order valence-corrected chi connectivity index (χ3v) is 3.70. The lowest BCUT2D eigenvalue weighted by Gasteiger charge is -2.32. The first kappa shape index (κ1) is 15.2. The van der Waals surface area contributed by atoms with Crippen LogP contribution >= 0.6 is 0 Å². The van der Waals surface area contributed by atoms with Gasteiger partial charge in [-0.25, -0.2) is 0 Å². The molecule has 1 aliphatic rings. The lowest BCUT2D eigenvalue weighted by molar-refractivity contribution is -0.137. The van der Waals surface area contributed by atoms with Crippen molar-refractivity contribution in [3.63, 3.8) is 0 Å². The van der Waals surface area contributed by atoms with Crippen LogP contribution in [0.1, 0.15) is 31.2 Å². The van der Waals surface area contributed by atoms with Gasteiger partial charge < -0.3 is 10.0 Å². The Balaban J connectivity index is 1.87. The highest BCUT2D eigenvalue weighted by atomic mass is 16.4. The molecule has 1 atom stereocenters. The average molecular weight is 288 g/mol. The quantitative estimate of drug-likeness (QED) is 0.843. The molecule has 1 fully saturated rings. The van der Waals surface area contributed by atoms with E-state index in [4.69, 9.17) is 5.11 Å². The SMILES string of the molecule is O=C(O)CC[C@@H]1CCCN(C(=O)/C=C\c2cccnc2)C1. The maximum atomic E-state index is 12.2. The standard InChI is InChI=1S/C16H20N2O3/c19-15(7-5-13-3-1-9-17-11-13)18-10-2-4-14(12-18)6-8-16(20)21/h1,3,5,7,9,11,14H,2,4,6,8,10,12H2,(H,20,21)/b7-5-/t14-/m0/s1. The molecule has 1 aromatic rings. The number of amides is 1. The number of hydrogen-bond donors (Lipinski definition) is 1. The van der Waals surface area contributed by atoms with E-state index < -0.39 is 5.97 Å². The highest BCUT2D eigenvalue weighted by Crippen LogP contribution is 2.21. The Morgan fingerprint density at radius 1 is 1.48 bits per heavy atom. The summed E-state index contributed by atoms with van der Waals surface area (Å²) in [6.07, 6.45) is 9.49. The van der Waals surface area contributed by atoms with Crippen molar-refractivity contribution >= 4 is 18.0 Å². The summed E-state index contributed by atoms with van der Waals surface area (Å²) in [5, 5.41) is 8.73. The molecule has 5 heteroatoms. The smallest absolute Gasteiger partial charge is 0.303 e. The Bertz CT molecular complexity index is 514. The third-order valence-electron chi connectivity index (χ3n) is 3.70. The van der Waals surface area contributed by atoms with Gasteiger partial charge in [0, 0.05) is 38.0 Å². The van der Waals surface area contributed by atoms with Crippen LogP contribution in [0.15, 0.2) is 30.6 Å². The van der Waals surface area contributed by atoms with Crippen molar-refractivity contribution in [1.82, 2.24) is 9.88 Å². The number of piperidine rings is 1. The van der Waals surface area contributed by atoms with E-state index in [9.17, 15) is 9.59 Å². The number of aromatic nitrogens is 1. The highest BCUT2D eigenvalue weighted by molar-refractivity contribution is 5.91. The van der Waals surface area contributed by atoms with Gasteiger partial charge in [-0.2, -0.15) is 0 Å².